The van der Waals surface area contributed by atoms with Gasteiger partial charge in [0.05, 0.1) is 13.1 Å². The third-order valence-corrected chi connectivity index (χ3v) is 3.55. The van der Waals surface area contributed by atoms with E-state index in [1.807, 2.05) is 6.92 Å². The molecule has 1 aliphatic heterocycles. The monoisotopic (exact) mass is 470 g/mol. The predicted molar refractivity (Wildman–Crippen MR) is 108 cm³/mol. The fraction of sp³-hybridized carbons (Fsp3) is 0.800. The number of likely N-dealkylation sites (N-methyl/N-ethyl adjacent to an activating group) is 1. The maximum Gasteiger partial charge on any atom is 0.324 e. The Hall–Kier alpha value is -1.14. The van der Waals surface area contributed by atoms with Gasteiger partial charge in [0.25, 0.3) is 0 Å². The lowest BCUT2D eigenvalue weighted by Crippen LogP contribution is -2.43. The summed E-state index contributed by atoms with van der Waals surface area (Å²) >= 11 is 0. The Balaban J connectivity index is 0.00000576. The summed E-state index contributed by atoms with van der Waals surface area (Å²) in [5.74, 6) is 0.497. The summed E-state index contributed by atoms with van der Waals surface area (Å²) in [6, 6.07) is -0.332. The smallest absolute Gasteiger partial charge is 0.324 e. The number of urea groups is 1. The normalized spacial score (nSPS) is 14.6. The fourth-order valence-electron chi connectivity index (χ4n) is 2.23. The number of guanidine groups is 1. The molecule has 9 nitrogen and oxygen atoms in total. The maximum atomic E-state index is 11.5. The summed E-state index contributed by atoms with van der Waals surface area (Å²) in [6.07, 6.45) is 1.00. The van der Waals surface area contributed by atoms with Crippen LogP contribution in [0.5, 0.6) is 0 Å². The minimum Gasteiger partial charge on any atom is -0.385 e. The van der Waals surface area contributed by atoms with Crippen molar-refractivity contribution in [1.82, 2.24) is 25.8 Å². The Morgan fingerprint density at radius 3 is 2.72 bits per heavy atom. The van der Waals surface area contributed by atoms with Crippen LogP contribution in [0.25, 0.3) is 0 Å². The highest BCUT2D eigenvalue weighted by Gasteiger charge is 2.27. The molecule has 25 heavy (non-hydrogen) atoms. The van der Waals surface area contributed by atoms with E-state index < -0.39 is 0 Å². The number of hydrogen-bond acceptors (Lipinski definition) is 5. The molecule has 0 aromatic rings. The van der Waals surface area contributed by atoms with Crippen LogP contribution in [0.1, 0.15) is 13.3 Å². The molecule has 3 N–H and O–H groups in total. The van der Waals surface area contributed by atoms with Crippen molar-refractivity contribution >= 4 is 41.9 Å². The molecule has 146 valence electrons. The zero-order valence-corrected chi connectivity index (χ0v) is 17.7. The van der Waals surface area contributed by atoms with Crippen LogP contribution < -0.4 is 16.0 Å². The van der Waals surface area contributed by atoms with E-state index in [0.29, 0.717) is 25.6 Å². The largest absolute Gasteiger partial charge is 0.385 e. The van der Waals surface area contributed by atoms with Crippen LogP contribution in [0.3, 0.4) is 0 Å². The number of nitrogens with one attached hydrogen (secondary N) is 3. The minimum absolute atomic E-state index is 0. The van der Waals surface area contributed by atoms with E-state index in [0.717, 1.165) is 32.7 Å². The van der Waals surface area contributed by atoms with Crippen molar-refractivity contribution in [2.75, 3.05) is 66.6 Å². The van der Waals surface area contributed by atoms with Gasteiger partial charge in [0.15, 0.2) is 5.96 Å². The highest BCUT2D eigenvalue weighted by Crippen LogP contribution is 1.97. The quantitative estimate of drug-likeness (QED) is 0.126. The lowest BCUT2D eigenvalue weighted by atomic mass is 10.4. The molecule has 0 unspecified atom stereocenters. The van der Waals surface area contributed by atoms with Crippen molar-refractivity contribution in [2.24, 2.45) is 4.99 Å². The van der Waals surface area contributed by atoms with Gasteiger partial charge in [-0.2, -0.15) is 0 Å². The van der Waals surface area contributed by atoms with Gasteiger partial charge in [-0.25, -0.2) is 4.79 Å². The highest BCUT2D eigenvalue weighted by molar-refractivity contribution is 14.0. The second-order valence-corrected chi connectivity index (χ2v) is 5.54. The Morgan fingerprint density at radius 2 is 2.12 bits per heavy atom. The van der Waals surface area contributed by atoms with Crippen LogP contribution in [-0.4, -0.2) is 94.3 Å². The number of rotatable bonds is 11. The molecule has 0 bridgehead atoms. The lowest BCUT2D eigenvalue weighted by molar-refractivity contribution is -0.124. The minimum atomic E-state index is -0.332. The van der Waals surface area contributed by atoms with E-state index in [9.17, 15) is 9.59 Å². The average molecular weight is 470 g/mol. The van der Waals surface area contributed by atoms with E-state index in [1.54, 1.807) is 7.11 Å². The Kier molecular flexibility index (Phi) is 13.4. The van der Waals surface area contributed by atoms with Crippen molar-refractivity contribution in [3.05, 3.63) is 0 Å². The third kappa shape index (κ3) is 9.80. The van der Waals surface area contributed by atoms with Crippen LogP contribution >= 0.6 is 24.0 Å². The molecule has 1 saturated heterocycles. The zero-order chi connectivity index (χ0) is 17.8. The molecule has 0 aromatic carbocycles. The van der Waals surface area contributed by atoms with Crippen LogP contribution in [0.15, 0.2) is 4.99 Å². The topological polar surface area (TPSA) is 98.3 Å². The average Bonchev–Trinajstić information content (AvgIpc) is 2.87. The first-order chi connectivity index (χ1) is 11.6. The first-order valence-electron chi connectivity index (χ1n) is 8.36. The van der Waals surface area contributed by atoms with E-state index in [1.165, 1.54) is 4.90 Å². The maximum absolute atomic E-state index is 11.5. The van der Waals surface area contributed by atoms with Crippen molar-refractivity contribution in [2.45, 2.75) is 13.3 Å². The van der Waals surface area contributed by atoms with Crippen LogP contribution in [0, 0.1) is 0 Å². The number of ether oxygens (including phenoxy) is 1. The Labute approximate surface area is 166 Å². The molecular weight excluding hydrogens is 439 g/mol. The van der Waals surface area contributed by atoms with Crippen molar-refractivity contribution in [3.8, 4) is 0 Å². The Bertz CT molecular complexity index is 419. The molecule has 1 rings (SSSR count). The summed E-state index contributed by atoms with van der Waals surface area (Å²) in [4.78, 5) is 30.9. The first-order valence-corrected chi connectivity index (χ1v) is 8.36. The number of nitrogens with zero attached hydrogens (tertiary/aromatic N) is 3. The van der Waals surface area contributed by atoms with Crippen molar-refractivity contribution < 1.29 is 14.3 Å². The van der Waals surface area contributed by atoms with Gasteiger partial charge in [-0.05, 0) is 20.4 Å². The fourth-order valence-corrected chi connectivity index (χ4v) is 2.23. The SMILES string of the molecule is CCNC(=NCCN(C)CCCOC)NCCN1C(=O)CNC1=O.I. The predicted octanol–water partition coefficient (Wildman–Crippen LogP) is -0.320. The number of hydrogen-bond donors (Lipinski definition) is 3. The summed E-state index contributed by atoms with van der Waals surface area (Å²) < 4.78 is 5.04. The molecule has 3 amide bonds. The van der Waals surface area contributed by atoms with Gasteiger partial charge >= 0.3 is 6.03 Å². The molecule has 0 spiro atoms. The number of amides is 3. The van der Waals surface area contributed by atoms with E-state index >= 15 is 0 Å². The standard InChI is InChI=1S/C15H30N6O3.HI/c1-4-16-14(17-6-9-20(2)8-5-11-24-3)18-7-10-21-13(22)12-19-15(21)23;/h4-12H2,1-3H3,(H,19,23)(H2,16,17,18);1H. The van der Waals surface area contributed by atoms with Gasteiger partial charge in [0, 0.05) is 46.4 Å². The Morgan fingerprint density at radius 1 is 1.36 bits per heavy atom. The molecule has 0 radical (unpaired) electrons. The molecule has 0 atom stereocenters. The number of carbonyl (C=O) groups excluding carboxylic acids is 2. The molecule has 1 fully saturated rings. The summed E-state index contributed by atoms with van der Waals surface area (Å²) in [5, 5.41) is 8.79. The lowest BCUT2D eigenvalue weighted by Gasteiger charge is -2.17. The molecule has 10 heteroatoms. The number of aliphatic imine (C=N–C) groups is 1. The van der Waals surface area contributed by atoms with Crippen molar-refractivity contribution in [1.29, 1.82) is 0 Å². The van der Waals surface area contributed by atoms with Gasteiger partial charge in [-0.3, -0.25) is 14.7 Å². The number of carbonyl (C=O) groups is 2. The van der Waals surface area contributed by atoms with Crippen LogP contribution in [0.4, 0.5) is 4.79 Å². The first kappa shape index (κ1) is 23.9. The number of halogens is 1. The molecule has 1 heterocycles. The van der Waals surface area contributed by atoms with Crippen LogP contribution in [-0.2, 0) is 9.53 Å². The van der Waals surface area contributed by atoms with Gasteiger partial charge in [-0.15, -0.1) is 24.0 Å². The van der Waals surface area contributed by atoms with Gasteiger partial charge in [0.2, 0.25) is 5.91 Å². The number of methoxy groups -OCH3 is 1. The number of imide groups is 1. The second-order valence-electron chi connectivity index (χ2n) is 5.54. The van der Waals surface area contributed by atoms with Crippen molar-refractivity contribution in [3.63, 3.8) is 0 Å². The van der Waals surface area contributed by atoms with Gasteiger partial charge in [-0.1, -0.05) is 0 Å². The molecular formula is C15H31IN6O3. The summed E-state index contributed by atoms with van der Waals surface area (Å²) in [7, 11) is 3.77. The summed E-state index contributed by atoms with van der Waals surface area (Å²) in [6.45, 7) is 6.88. The van der Waals surface area contributed by atoms with Gasteiger partial charge in [0.1, 0.15) is 0 Å². The molecule has 1 aliphatic rings. The third-order valence-electron chi connectivity index (χ3n) is 3.55. The second kappa shape index (κ2) is 14.1. The van der Waals surface area contributed by atoms with E-state index in [4.69, 9.17) is 4.74 Å². The van der Waals surface area contributed by atoms with E-state index in [2.05, 4.69) is 32.9 Å². The molecule has 0 aliphatic carbocycles. The summed E-state index contributed by atoms with van der Waals surface area (Å²) in [5.41, 5.74) is 0. The molecule has 0 aromatic heterocycles. The van der Waals surface area contributed by atoms with Gasteiger partial charge < -0.3 is 25.6 Å². The highest BCUT2D eigenvalue weighted by atomic mass is 127. The molecule has 0 saturated carbocycles. The van der Waals surface area contributed by atoms with E-state index in [-0.39, 0.29) is 42.5 Å². The zero-order valence-electron chi connectivity index (χ0n) is 15.3. The van der Waals surface area contributed by atoms with Crippen LogP contribution in [0.2, 0.25) is 0 Å².